The Labute approximate surface area is 107 Å². The highest BCUT2D eigenvalue weighted by atomic mass is 16.4. The minimum atomic E-state index is -0.846. The van der Waals surface area contributed by atoms with Gasteiger partial charge in [0.15, 0.2) is 0 Å². The van der Waals surface area contributed by atoms with Crippen LogP contribution in [0.3, 0.4) is 0 Å². The molecule has 0 aliphatic heterocycles. The molecule has 2 amide bonds. The lowest BCUT2D eigenvalue weighted by Crippen LogP contribution is -2.48. The molecule has 2 rings (SSSR count). The summed E-state index contributed by atoms with van der Waals surface area (Å²) >= 11 is 0. The van der Waals surface area contributed by atoms with Crippen LogP contribution >= 0.6 is 0 Å². The molecule has 102 valence electrons. The summed E-state index contributed by atoms with van der Waals surface area (Å²) in [6.45, 7) is 2.15. The van der Waals surface area contributed by atoms with Crippen LogP contribution in [0.2, 0.25) is 0 Å². The summed E-state index contributed by atoms with van der Waals surface area (Å²) in [6.07, 6.45) is 5.43. The van der Waals surface area contributed by atoms with E-state index in [0.717, 1.165) is 32.1 Å². The molecule has 0 radical (unpaired) electrons. The predicted octanol–water partition coefficient (Wildman–Crippen LogP) is 1.73. The van der Waals surface area contributed by atoms with Crippen molar-refractivity contribution in [3.63, 3.8) is 0 Å². The van der Waals surface area contributed by atoms with Gasteiger partial charge in [0.1, 0.15) is 0 Å². The number of hydrogen-bond acceptors (Lipinski definition) is 2. The second kappa shape index (κ2) is 5.59. The number of rotatable bonds is 5. The first-order chi connectivity index (χ1) is 8.56. The summed E-state index contributed by atoms with van der Waals surface area (Å²) in [5.74, 6) is 0.0314. The molecular formula is C13H22N2O3. The molecule has 18 heavy (non-hydrogen) atoms. The summed E-state index contributed by atoms with van der Waals surface area (Å²) < 4.78 is 0. The fourth-order valence-corrected chi connectivity index (χ4v) is 2.76. The van der Waals surface area contributed by atoms with Crippen LogP contribution in [0, 0.1) is 11.8 Å². The van der Waals surface area contributed by atoms with Gasteiger partial charge in [0.2, 0.25) is 0 Å². The van der Waals surface area contributed by atoms with E-state index in [1.165, 1.54) is 0 Å². The van der Waals surface area contributed by atoms with E-state index in [4.69, 9.17) is 5.11 Å². The summed E-state index contributed by atoms with van der Waals surface area (Å²) in [4.78, 5) is 22.6. The highest BCUT2D eigenvalue weighted by Crippen LogP contribution is 2.34. The van der Waals surface area contributed by atoms with E-state index in [0.29, 0.717) is 11.8 Å². The summed E-state index contributed by atoms with van der Waals surface area (Å²) in [5.41, 5.74) is 0. The molecule has 0 heterocycles. The van der Waals surface area contributed by atoms with Gasteiger partial charge in [0.25, 0.3) is 0 Å². The molecular weight excluding hydrogens is 232 g/mol. The molecule has 5 nitrogen and oxygen atoms in total. The molecule has 0 aromatic rings. The number of nitrogens with one attached hydrogen (secondary N) is 2. The minimum Gasteiger partial charge on any atom is -0.481 e. The maximum absolute atomic E-state index is 11.9. The number of hydrogen-bond donors (Lipinski definition) is 3. The molecule has 2 aliphatic rings. The normalized spacial score (nSPS) is 28.7. The summed E-state index contributed by atoms with van der Waals surface area (Å²) in [6, 6.07) is -0.166. The van der Waals surface area contributed by atoms with Crippen LogP contribution in [0.1, 0.15) is 45.4 Å². The molecule has 2 aliphatic carbocycles. The van der Waals surface area contributed by atoms with Gasteiger partial charge >= 0.3 is 12.0 Å². The number of amides is 2. The predicted molar refractivity (Wildman–Crippen MR) is 67.2 cm³/mol. The maximum Gasteiger partial charge on any atom is 0.315 e. The van der Waals surface area contributed by atoms with Crippen molar-refractivity contribution in [2.45, 2.75) is 57.5 Å². The Morgan fingerprint density at radius 3 is 2.50 bits per heavy atom. The van der Waals surface area contributed by atoms with Crippen molar-refractivity contribution in [3.05, 3.63) is 0 Å². The quantitative estimate of drug-likeness (QED) is 0.699. The first-order valence-corrected chi connectivity index (χ1v) is 6.85. The fourth-order valence-electron chi connectivity index (χ4n) is 2.76. The van der Waals surface area contributed by atoms with Gasteiger partial charge in [-0.05, 0) is 37.5 Å². The lowest BCUT2D eigenvalue weighted by atomic mass is 10.1. The molecule has 2 saturated carbocycles. The Morgan fingerprint density at radius 1 is 1.28 bits per heavy atom. The van der Waals surface area contributed by atoms with E-state index < -0.39 is 5.97 Å². The van der Waals surface area contributed by atoms with Gasteiger partial charge in [-0.1, -0.05) is 13.3 Å². The standard InChI is InChI=1S/C13H22N2O3/c1-8-3-2-4-10(8)14-13(18)15-11(7-12(16)17)9-5-6-9/h8-11H,2-7H2,1H3,(H,16,17)(H2,14,15,18). The van der Waals surface area contributed by atoms with Gasteiger partial charge in [-0.15, -0.1) is 0 Å². The molecule has 3 unspecified atom stereocenters. The van der Waals surface area contributed by atoms with Crippen LogP contribution in [-0.4, -0.2) is 29.2 Å². The van der Waals surface area contributed by atoms with Crippen molar-refractivity contribution >= 4 is 12.0 Å². The highest BCUT2D eigenvalue weighted by Gasteiger charge is 2.34. The smallest absolute Gasteiger partial charge is 0.315 e. The van der Waals surface area contributed by atoms with Crippen LogP contribution in [0.25, 0.3) is 0 Å². The van der Waals surface area contributed by atoms with Gasteiger partial charge < -0.3 is 15.7 Å². The maximum atomic E-state index is 11.9. The first kappa shape index (κ1) is 13.2. The van der Waals surface area contributed by atoms with Gasteiger partial charge in [0, 0.05) is 12.1 Å². The highest BCUT2D eigenvalue weighted by molar-refractivity contribution is 5.76. The lowest BCUT2D eigenvalue weighted by Gasteiger charge is -2.21. The number of urea groups is 1. The molecule has 3 N–H and O–H groups in total. The summed E-state index contributed by atoms with van der Waals surface area (Å²) in [7, 11) is 0. The molecule has 0 spiro atoms. The zero-order valence-corrected chi connectivity index (χ0v) is 10.8. The van der Waals surface area contributed by atoms with Crippen LogP contribution in [0.4, 0.5) is 4.79 Å². The molecule has 0 saturated heterocycles. The van der Waals surface area contributed by atoms with Crippen molar-refractivity contribution < 1.29 is 14.7 Å². The number of carbonyl (C=O) groups is 2. The Bertz CT molecular complexity index is 328. The van der Waals surface area contributed by atoms with Crippen LogP contribution in [-0.2, 0) is 4.79 Å². The van der Waals surface area contributed by atoms with E-state index in [1.807, 2.05) is 0 Å². The van der Waals surface area contributed by atoms with Crippen molar-refractivity contribution in [2.75, 3.05) is 0 Å². The molecule has 0 aromatic carbocycles. The third kappa shape index (κ3) is 3.62. The Morgan fingerprint density at radius 2 is 2.00 bits per heavy atom. The van der Waals surface area contributed by atoms with Gasteiger partial charge in [-0.25, -0.2) is 4.79 Å². The molecule has 0 bridgehead atoms. The topological polar surface area (TPSA) is 78.4 Å². The van der Waals surface area contributed by atoms with Gasteiger partial charge in [-0.2, -0.15) is 0 Å². The van der Waals surface area contributed by atoms with Crippen LogP contribution in [0.5, 0.6) is 0 Å². The van der Waals surface area contributed by atoms with E-state index in [-0.39, 0.29) is 24.5 Å². The van der Waals surface area contributed by atoms with E-state index >= 15 is 0 Å². The van der Waals surface area contributed by atoms with Gasteiger partial charge in [0.05, 0.1) is 6.42 Å². The second-order valence-corrected chi connectivity index (χ2v) is 5.67. The number of aliphatic carboxylic acids is 1. The van der Waals surface area contributed by atoms with Gasteiger partial charge in [-0.3, -0.25) is 4.79 Å². The average Bonchev–Trinajstić information content (AvgIpc) is 3.04. The van der Waals surface area contributed by atoms with Crippen LogP contribution in [0.15, 0.2) is 0 Å². The molecule has 0 aromatic heterocycles. The van der Waals surface area contributed by atoms with Crippen molar-refractivity contribution in [1.29, 1.82) is 0 Å². The molecule has 5 heteroatoms. The van der Waals surface area contributed by atoms with E-state index in [9.17, 15) is 9.59 Å². The number of carbonyl (C=O) groups excluding carboxylic acids is 1. The lowest BCUT2D eigenvalue weighted by molar-refractivity contribution is -0.137. The zero-order valence-electron chi connectivity index (χ0n) is 10.8. The third-order valence-electron chi connectivity index (χ3n) is 4.08. The third-order valence-corrected chi connectivity index (χ3v) is 4.08. The Balaban J connectivity index is 1.79. The van der Waals surface area contributed by atoms with Crippen molar-refractivity contribution in [1.82, 2.24) is 10.6 Å². The van der Waals surface area contributed by atoms with Crippen molar-refractivity contribution in [3.8, 4) is 0 Å². The van der Waals surface area contributed by atoms with Crippen LogP contribution < -0.4 is 10.6 Å². The largest absolute Gasteiger partial charge is 0.481 e. The Kier molecular flexibility index (Phi) is 4.09. The first-order valence-electron chi connectivity index (χ1n) is 6.85. The zero-order chi connectivity index (χ0) is 13.1. The SMILES string of the molecule is CC1CCCC1NC(=O)NC(CC(=O)O)C1CC1. The van der Waals surface area contributed by atoms with E-state index in [1.54, 1.807) is 0 Å². The molecule has 2 fully saturated rings. The van der Waals surface area contributed by atoms with E-state index in [2.05, 4.69) is 17.6 Å². The average molecular weight is 254 g/mol. The number of carboxylic acids is 1. The molecule has 3 atom stereocenters. The second-order valence-electron chi connectivity index (χ2n) is 5.67. The number of carboxylic acid groups (broad SMARTS) is 1. The summed E-state index contributed by atoms with van der Waals surface area (Å²) in [5, 5.41) is 14.6. The fraction of sp³-hybridized carbons (Fsp3) is 0.846. The Hall–Kier alpha value is -1.26. The minimum absolute atomic E-state index is 0.0261. The van der Waals surface area contributed by atoms with Crippen molar-refractivity contribution in [2.24, 2.45) is 11.8 Å². The monoisotopic (exact) mass is 254 g/mol.